The molecule has 0 aromatic rings. The molecule has 0 aromatic carbocycles. The summed E-state index contributed by atoms with van der Waals surface area (Å²) in [5.74, 6) is -0.0726. The average Bonchev–Trinajstić information content (AvgIpc) is 3.07. The zero-order valence-corrected chi connectivity index (χ0v) is 31.8. The second-order valence-corrected chi connectivity index (χ2v) is 14.4. The van der Waals surface area contributed by atoms with Gasteiger partial charge in [-0.25, -0.2) is 0 Å². The largest absolute Gasteiger partial charge is 0.394 e. The van der Waals surface area contributed by atoms with Gasteiger partial charge in [-0.15, -0.1) is 0 Å². The molecule has 4 nitrogen and oxygen atoms in total. The van der Waals surface area contributed by atoms with Crippen molar-refractivity contribution in [2.24, 2.45) is 0 Å². The van der Waals surface area contributed by atoms with E-state index in [0.717, 1.165) is 32.1 Å². The Balaban J connectivity index is 3.59. The van der Waals surface area contributed by atoms with E-state index in [1.54, 1.807) is 6.08 Å². The third-order valence-corrected chi connectivity index (χ3v) is 9.69. The van der Waals surface area contributed by atoms with Gasteiger partial charge in [0.1, 0.15) is 0 Å². The molecule has 0 saturated carbocycles. The van der Waals surface area contributed by atoms with Crippen molar-refractivity contribution in [3.05, 3.63) is 24.3 Å². The van der Waals surface area contributed by atoms with Crippen molar-refractivity contribution in [2.45, 2.75) is 238 Å². The highest BCUT2D eigenvalue weighted by molar-refractivity contribution is 5.76. The number of carbonyl (C=O) groups excluding carboxylic acids is 1. The van der Waals surface area contributed by atoms with Gasteiger partial charge in [-0.05, 0) is 32.1 Å². The monoisotopic (exact) mass is 662 g/mol. The fraction of sp³-hybridized carbons (Fsp3) is 0.884. The van der Waals surface area contributed by atoms with E-state index in [-0.39, 0.29) is 12.5 Å². The first-order valence-corrected chi connectivity index (χ1v) is 21.1. The lowest BCUT2D eigenvalue weighted by Crippen LogP contribution is -2.45. The zero-order valence-electron chi connectivity index (χ0n) is 31.8. The van der Waals surface area contributed by atoms with Crippen LogP contribution in [0.25, 0.3) is 0 Å². The van der Waals surface area contributed by atoms with Crippen LogP contribution >= 0.6 is 0 Å². The average molecular weight is 662 g/mol. The van der Waals surface area contributed by atoms with Gasteiger partial charge in [-0.1, -0.05) is 212 Å². The molecule has 0 aromatic heterocycles. The van der Waals surface area contributed by atoms with Crippen molar-refractivity contribution >= 4 is 5.91 Å². The summed E-state index contributed by atoms with van der Waals surface area (Å²) in [4.78, 5) is 12.3. The maximum Gasteiger partial charge on any atom is 0.220 e. The number of aliphatic hydroxyl groups excluding tert-OH is 2. The molecule has 4 heteroatoms. The number of unbranched alkanes of at least 4 members (excludes halogenated alkanes) is 29. The number of nitrogens with one attached hydrogen (secondary N) is 1. The minimum Gasteiger partial charge on any atom is -0.394 e. The molecule has 0 aliphatic rings. The van der Waals surface area contributed by atoms with Crippen molar-refractivity contribution in [2.75, 3.05) is 6.61 Å². The molecule has 0 bridgehead atoms. The number of aliphatic hydroxyl groups is 2. The fourth-order valence-corrected chi connectivity index (χ4v) is 6.43. The summed E-state index contributed by atoms with van der Waals surface area (Å²) in [6.45, 7) is 4.30. The van der Waals surface area contributed by atoms with Crippen LogP contribution in [0.4, 0.5) is 0 Å². The maximum atomic E-state index is 12.3. The molecule has 0 heterocycles. The van der Waals surface area contributed by atoms with E-state index in [1.165, 1.54) is 173 Å². The number of allylic oxidation sites excluding steroid dienone is 3. The van der Waals surface area contributed by atoms with Crippen molar-refractivity contribution in [1.29, 1.82) is 0 Å². The first-order chi connectivity index (χ1) is 23.2. The van der Waals surface area contributed by atoms with Crippen LogP contribution in [0, 0.1) is 0 Å². The molecule has 2 unspecified atom stereocenters. The summed E-state index contributed by atoms with van der Waals surface area (Å²) in [7, 11) is 0. The molecule has 0 spiro atoms. The Morgan fingerprint density at radius 2 is 0.830 bits per heavy atom. The quantitative estimate of drug-likeness (QED) is 0.0455. The number of hydrogen-bond donors (Lipinski definition) is 3. The third kappa shape index (κ3) is 36.0. The Morgan fingerprint density at radius 3 is 1.23 bits per heavy atom. The molecule has 278 valence electrons. The molecule has 3 N–H and O–H groups in total. The predicted octanol–water partition coefficient (Wildman–Crippen LogP) is 12.8. The van der Waals surface area contributed by atoms with E-state index in [2.05, 4.69) is 31.3 Å². The number of amides is 1. The van der Waals surface area contributed by atoms with Crippen LogP contribution in [-0.4, -0.2) is 34.9 Å². The van der Waals surface area contributed by atoms with Crippen LogP contribution in [0.2, 0.25) is 0 Å². The first-order valence-electron chi connectivity index (χ1n) is 21.1. The Hall–Kier alpha value is -1.13. The molecule has 0 aliphatic carbocycles. The molecular weight excluding hydrogens is 578 g/mol. The normalized spacial score (nSPS) is 13.2. The van der Waals surface area contributed by atoms with Gasteiger partial charge in [0.2, 0.25) is 5.91 Å². The van der Waals surface area contributed by atoms with Gasteiger partial charge in [0.15, 0.2) is 0 Å². The molecule has 2 atom stereocenters. The van der Waals surface area contributed by atoms with Crippen molar-refractivity contribution < 1.29 is 15.0 Å². The van der Waals surface area contributed by atoms with Gasteiger partial charge < -0.3 is 15.5 Å². The zero-order chi connectivity index (χ0) is 34.3. The van der Waals surface area contributed by atoms with Crippen LogP contribution in [0.1, 0.15) is 226 Å². The standard InChI is InChI=1S/C43H83NO3/c1-3-5-7-9-11-13-15-17-18-19-20-21-22-23-24-25-27-28-30-32-34-36-38-42(46)41(40-45)44-43(47)39-37-35-33-31-29-26-16-14-12-10-8-6-4-2/h28,30,36,38,41-42,45-46H,3-27,29,31-35,37,39-40H2,1-2H3,(H,44,47)/b30-28+,38-36+. The van der Waals surface area contributed by atoms with E-state index in [1.807, 2.05) is 6.08 Å². The van der Waals surface area contributed by atoms with Gasteiger partial charge in [0.25, 0.3) is 0 Å². The molecule has 0 saturated heterocycles. The molecule has 1 amide bonds. The minimum atomic E-state index is -0.857. The summed E-state index contributed by atoms with van der Waals surface area (Å²) >= 11 is 0. The summed E-state index contributed by atoms with van der Waals surface area (Å²) < 4.78 is 0. The predicted molar refractivity (Wildman–Crippen MR) is 207 cm³/mol. The molecule has 0 fully saturated rings. The van der Waals surface area contributed by atoms with Gasteiger partial charge in [0, 0.05) is 6.42 Å². The smallest absolute Gasteiger partial charge is 0.220 e. The molecule has 0 aliphatic heterocycles. The van der Waals surface area contributed by atoms with E-state index in [9.17, 15) is 15.0 Å². The number of carbonyl (C=O) groups is 1. The highest BCUT2D eigenvalue weighted by atomic mass is 16.3. The highest BCUT2D eigenvalue weighted by Crippen LogP contribution is 2.15. The molecule has 47 heavy (non-hydrogen) atoms. The number of hydrogen-bond acceptors (Lipinski definition) is 3. The summed E-state index contributed by atoms with van der Waals surface area (Å²) in [6.07, 6.45) is 50.0. The van der Waals surface area contributed by atoms with E-state index < -0.39 is 12.1 Å². The Labute approximate surface area is 294 Å². The Morgan fingerprint density at radius 1 is 0.489 bits per heavy atom. The lowest BCUT2D eigenvalue weighted by atomic mass is 10.0. The highest BCUT2D eigenvalue weighted by Gasteiger charge is 2.17. The van der Waals surface area contributed by atoms with E-state index in [0.29, 0.717) is 6.42 Å². The van der Waals surface area contributed by atoms with Crippen LogP contribution in [0.3, 0.4) is 0 Å². The van der Waals surface area contributed by atoms with Gasteiger partial charge >= 0.3 is 0 Å². The van der Waals surface area contributed by atoms with Crippen LogP contribution in [-0.2, 0) is 4.79 Å². The van der Waals surface area contributed by atoms with Crippen molar-refractivity contribution in [1.82, 2.24) is 5.32 Å². The molecule has 0 rings (SSSR count). The topological polar surface area (TPSA) is 69.6 Å². The van der Waals surface area contributed by atoms with Crippen molar-refractivity contribution in [3.63, 3.8) is 0 Å². The summed E-state index contributed by atoms with van der Waals surface area (Å²) in [5, 5.41) is 22.9. The lowest BCUT2D eigenvalue weighted by molar-refractivity contribution is -0.123. The van der Waals surface area contributed by atoms with Gasteiger partial charge in [-0.3, -0.25) is 4.79 Å². The minimum absolute atomic E-state index is 0.0726. The van der Waals surface area contributed by atoms with Crippen LogP contribution in [0.15, 0.2) is 24.3 Å². The fourth-order valence-electron chi connectivity index (χ4n) is 6.43. The second-order valence-electron chi connectivity index (χ2n) is 14.4. The maximum absolute atomic E-state index is 12.3. The third-order valence-electron chi connectivity index (χ3n) is 9.69. The van der Waals surface area contributed by atoms with Gasteiger partial charge in [0.05, 0.1) is 18.8 Å². The van der Waals surface area contributed by atoms with E-state index in [4.69, 9.17) is 0 Å². The van der Waals surface area contributed by atoms with Gasteiger partial charge in [-0.2, -0.15) is 0 Å². The van der Waals surface area contributed by atoms with E-state index >= 15 is 0 Å². The first kappa shape index (κ1) is 45.9. The Kier molecular flexibility index (Phi) is 38.4. The number of rotatable bonds is 38. The molecule has 0 radical (unpaired) electrons. The van der Waals surface area contributed by atoms with Crippen molar-refractivity contribution in [3.8, 4) is 0 Å². The van der Waals surface area contributed by atoms with Crippen LogP contribution in [0.5, 0.6) is 0 Å². The SMILES string of the molecule is CCCCCCCCCCCCCCCCCC/C=C/CC/C=C/C(O)C(CO)NC(=O)CCCCCCCCCCCCCCC. The summed E-state index contributed by atoms with van der Waals surface area (Å²) in [6, 6.07) is -0.633. The second kappa shape index (κ2) is 39.3. The Bertz CT molecular complexity index is 676. The molecular formula is C43H83NO3. The summed E-state index contributed by atoms with van der Waals surface area (Å²) in [5.41, 5.74) is 0. The lowest BCUT2D eigenvalue weighted by Gasteiger charge is -2.19. The van der Waals surface area contributed by atoms with Crippen LogP contribution < -0.4 is 5.32 Å².